The summed E-state index contributed by atoms with van der Waals surface area (Å²) in [6.07, 6.45) is 1.35. The fourth-order valence-electron chi connectivity index (χ4n) is 3.69. The molecule has 0 aliphatic carbocycles. The summed E-state index contributed by atoms with van der Waals surface area (Å²) < 4.78 is 4.79. The van der Waals surface area contributed by atoms with Gasteiger partial charge in [0.15, 0.2) is 0 Å². The Morgan fingerprint density at radius 2 is 1.94 bits per heavy atom. The normalized spacial score (nSPS) is 14.5. The van der Waals surface area contributed by atoms with E-state index in [9.17, 15) is 9.59 Å². The number of piperazine rings is 1. The lowest BCUT2D eigenvalue weighted by molar-refractivity contribution is 0.0886. The van der Waals surface area contributed by atoms with Gasteiger partial charge in [0.25, 0.3) is 0 Å². The average Bonchev–Trinajstić information content (AvgIpc) is 3.19. The molecule has 1 aromatic carbocycles. The minimum Gasteiger partial charge on any atom is -0.453 e. The predicted molar refractivity (Wildman–Crippen MR) is 119 cm³/mol. The van der Waals surface area contributed by atoms with Crippen molar-refractivity contribution in [2.75, 3.05) is 43.9 Å². The number of hydrogen-bond donors (Lipinski definition) is 3. The molecule has 0 unspecified atom stereocenters. The molecule has 1 saturated heterocycles. The van der Waals surface area contributed by atoms with Crippen LogP contribution in [0.4, 0.5) is 21.0 Å². The van der Waals surface area contributed by atoms with E-state index in [1.807, 2.05) is 37.3 Å². The van der Waals surface area contributed by atoms with Crippen molar-refractivity contribution in [1.82, 2.24) is 19.8 Å². The number of ether oxygens (including phenoxy) is 1. The summed E-state index contributed by atoms with van der Waals surface area (Å²) in [5.41, 5.74) is 4.16. The highest BCUT2D eigenvalue weighted by Crippen LogP contribution is 2.25. The van der Waals surface area contributed by atoms with Gasteiger partial charge in [0.1, 0.15) is 0 Å². The number of hydrogen-bond acceptors (Lipinski definition) is 5. The molecule has 9 nitrogen and oxygen atoms in total. The third-order valence-corrected chi connectivity index (χ3v) is 5.33. The number of aromatic nitrogens is 2. The van der Waals surface area contributed by atoms with Crippen LogP contribution in [0.2, 0.25) is 0 Å². The number of pyridine rings is 1. The Hall–Kier alpha value is -3.59. The number of para-hydroxylation sites is 1. The number of methoxy groups -OCH3 is 1. The molecule has 31 heavy (non-hydrogen) atoms. The van der Waals surface area contributed by atoms with Crippen LogP contribution in [0, 0.1) is 6.92 Å². The van der Waals surface area contributed by atoms with Gasteiger partial charge in [-0.05, 0) is 31.2 Å². The van der Waals surface area contributed by atoms with E-state index in [2.05, 4.69) is 31.6 Å². The van der Waals surface area contributed by atoms with Gasteiger partial charge in [-0.1, -0.05) is 12.1 Å². The first-order valence-corrected chi connectivity index (χ1v) is 10.2. The van der Waals surface area contributed by atoms with E-state index in [0.717, 1.165) is 41.9 Å². The molecule has 1 aliphatic rings. The minimum atomic E-state index is -0.326. The van der Waals surface area contributed by atoms with Gasteiger partial charge in [0.05, 0.1) is 30.2 Å². The number of anilines is 2. The van der Waals surface area contributed by atoms with Crippen LogP contribution in [-0.4, -0.2) is 65.2 Å². The number of rotatable bonds is 4. The minimum absolute atomic E-state index is 0.277. The second-order valence-corrected chi connectivity index (χ2v) is 7.56. The SMILES string of the molecule is COC(=O)N1CCN(Cc2cc3cccc(NC(=O)Nc4ccc(C)nc4)c3[nH]2)CC1. The number of benzene rings is 1. The molecule has 9 heteroatoms. The summed E-state index contributed by atoms with van der Waals surface area (Å²) in [4.78, 5) is 35.7. The number of carbonyl (C=O) groups is 2. The molecule has 3 amide bonds. The molecular weight excluding hydrogens is 396 g/mol. The van der Waals surface area contributed by atoms with Gasteiger partial charge >= 0.3 is 12.1 Å². The maximum absolute atomic E-state index is 12.4. The Bertz CT molecular complexity index is 1070. The number of H-pyrrole nitrogens is 1. The third-order valence-electron chi connectivity index (χ3n) is 5.33. The van der Waals surface area contributed by atoms with Crippen LogP contribution in [0.25, 0.3) is 10.9 Å². The zero-order chi connectivity index (χ0) is 21.8. The molecule has 0 bridgehead atoms. The smallest absolute Gasteiger partial charge is 0.409 e. The van der Waals surface area contributed by atoms with Crippen molar-refractivity contribution < 1.29 is 14.3 Å². The zero-order valence-electron chi connectivity index (χ0n) is 17.6. The van der Waals surface area contributed by atoms with Gasteiger partial charge in [-0.25, -0.2) is 9.59 Å². The Morgan fingerprint density at radius 3 is 2.65 bits per heavy atom. The maximum Gasteiger partial charge on any atom is 0.409 e. The summed E-state index contributed by atoms with van der Waals surface area (Å²) in [5.74, 6) is 0. The van der Waals surface area contributed by atoms with E-state index in [0.29, 0.717) is 24.5 Å². The van der Waals surface area contributed by atoms with Crippen molar-refractivity contribution in [3.63, 3.8) is 0 Å². The lowest BCUT2D eigenvalue weighted by Gasteiger charge is -2.33. The quantitative estimate of drug-likeness (QED) is 0.598. The van der Waals surface area contributed by atoms with Crippen molar-refractivity contribution in [2.45, 2.75) is 13.5 Å². The number of nitrogens with zero attached hydrogens (tertiary/aromatic N) is 3. The van der Waals surface area contributed by atoms with Gasteiger partial charge in [-0.2, -0.15) is 0 Å². The van der Waals surface area contributed by atoms with Gasteiger partial charge < -0.3 is 25.3 Å². The van der Waals surface area contributed by atoms with Crippen molar-refractivity contribution in [1.29, 1.82) is 0 Å². The highest BCUT2D eigenvalue weighted by Gasteiger charge is 2.22. The Balaban J connectivity index is 1.40. The first-order chi connectivity index (χ1) is 15.0. The van der Waals surface area contributed by atoms with E-state index >= 15 is 0 Å². The number of urea groups is 1. The molecule has 0 saturated carbocycles. The first kappa shape index (κ1) is 20.7. The standard InChI is InChI=1S/C22H26N6O3/c1-15-6-7-17(13-23-15)25-21(29)26-19-5-3-4-16-12-18(24-20(16)19)14-27-8-10-28(11-9-27)22(30)31-2/h3-7,12-13,24H,8-11,14H2,1-2H3,(H2,25,26,29). The molecule has 162 valence electrons. The monoisotopic (exact) mass is 422 g/mol. The zero-order valence-corrected chi connectivity index (χ0v) is 17.6. The van der Waals surface area contributed by atoms with Crippen LogP contribution in [0.3, 0.4) is 0 Å². The van der Waals surface area contributed by atoms with Crippen molar-refractivity contribution in [3.8, 4) is 0 Å². The van der Waals surface area contributed by atoms with Crippen LogP contribution >= 0.6 is 0 Å². The van der Waals surface area contributed by atoms with Crippen LogP contribution in [-0.2, 0) is 11.3 Å². The number of amides is 3. The Labute approximate surface area is 180 Å². The summed E-state index contributed by atoms with van der Waals surface area (Å²) in [7, 11) is 1.41. The topological polar surface area (TPSA) is 103 Å². The van der Waals surface area contributed by atoms with Gasteiger partial charge in [0, 0.05) is 49.5 Å². The van der Waals surface area contributed by atoms with Crippen LogP contribution in [0.1, 0.15) is 11.4 Å². The number of aromatic amines is 1. The molecule has 0 radical (unpaired) electrons. The van der Waals surface area contributed by atoms with Gasteiger partial charge in [0.2, 0.25) is 0 Å². The average molecular weight is 422 g/mol. The number of fused-ring (bicyclic) bond motifs is 1. The number of nitrogens with one attached hydrogen (secondary N) is 3. The molecule has 4 rings (SSSR count). The molecule has 0 atom stereocenters. The van der Waals surface area contributed by atoms with Crippen molar-refractivity contribution in [2.24, 2.45) is 0 Å². The molecule has 0 spiro atoms. The summed E-state index contributed by atoms with van der Waals surface area (Å²) in [6.45, 7) is 5.49. The van der Waals surface area contributed by atoms with E-state index in [-0.39, 0.29) is 12.1 Å². The molecule has 2 aromatic heterocycles. The van der Waals surface area contributed by atoms with Crippen LogP contribution in [0.15, 0.2) is 42.6 Å². The first-order valence-electron chi connectivity index (χ1n) is 10.2. The molecule has 1 fully saturated rings. The van der Waals surface area contributed by atoms with Crippen LogP contribution < -0.4 is 10.6 Å². The van der Waals surface area contributed by atoms with Crippen molar-refractivity contribution >= 4 is 34.4 Å². The lowest BCUT2D eigenvalue weighted by atomic mass is 10.2. The van der Waals surface area contributed by atoms with E-state index < -0.39 is 0 Å². The van der Waals surface area contributed by atoms with Crippen molar-refractivity contribution in [3.05, 3.63) is 54.0 Å². The van der Waals surface area contributed by atoms with Gasteiger partial charge in [-0.3, -0.25) is 9.88 Å². The summed E-state index contributed by atoms with van der Waals surface area (Å²) in [5, 5.41) is 6.73. The highest BCUT2D eigenvalue weighted by molar-refractivity contribution is 6.05. The molecular formula is C22H26N6O3. The van der Waals surface area contributed by atoms with Crippen LogP contribution in [0.5, 0.6) is 0 Å². The third kappa shape index (κ3) is 4.95. The summed E-state index contributed by atoms with van der Waals surface area (Å²) in [6, 6.07) is 11.2. The highest BCUT2D eigenvalue weighted by atomic mass is 16.5. The second kappa shape index (κ2) is 9.05. The number of aryl methyl sites for hydroxylation is 1. The van der Waals surface area contributed by atoms with E-state index in [1.165, 1.54) is 7.11 Å². The molecule has 3 heterocycles. The fraction of sp³-hybridized carbons (Fsp3) is 0.318. The number of carbonyl (C=O) groups excluding carboxylic acids is 2. The lowest BCUT2D eigenvalue weighted by Crippen LogP contribution is -2.48. The van der Waals surface area contributed by atoms with E-state index in [4.69, 9.17) is 4.74 Å². The van der Waals surface area contributed by atoms with Gasteiger partial charge in [-0.15, -0.1) is 0 Å². The maximum atomic E-state index is 12.4. The molecule has 3 aromatic rings. The predicted octanol–water partition coefficient (Wildman–Crippen LogP) is 3.40. The molecule has 1 aliphatic heterocycles. The molecule has 3 N–H and O–H groups in total. The largest absolute Gasteiger partial charge is 0.453 e. The van der Waals surface area contributed by atoms with E-state index in [1.54, 1.807) is 11.1 Å². The second-order valence-electron chi connectivity index (χ2n) is 7.56. The summed E-state index contributed by atoms with van der Waals surface area (Å²) >= 11 is 0. The Morgan fingerprint density at radius 1 is 1.13 bits per heavy atom. The fourth-order valence-corrected chi connectivity index (χ4v) is 3.69. The Kier molecular flexibility index (Phi) is 6.03.